The van der Waals surface area contributed by atoms with Crippen LogP contribution >= 0.6 is 0 Å². The first-order chi connectivity index (χ1) is 12.8. The van der Waals surface area contributed by atoms with Crippen LogP contribution in [0.5, 0.6) is 0 Å². The normalized spacial score (nSPS) is 27.3. The van der Waals surface area contributed by atoms with Crippen molar-refractivity contribution in [2.75, 3.05) is 26.3 Å². The highest BCUT2D eigenvalue weighted by Crippen LogP contribution is 2.30. The van der Waals surface area contributed by atoms with Gasteiger partial charge in [-0.25, -0.2) is 12.8 Å². The second kappa shape index (κ2) is 8.24. The summed E-state index contributed by atoms with van der Waals surface area (Å²) in [6, 6.07) is 3.38. The zero-order valence-electron chi connectivity index (χ0n) is 15.8. The molecule has 0 aromatic heterocycles. The van der Waals surface area contributed by atoms with Crippen LogP contribution in [-0.2, 0) is 14.8 Å². The molecule has 1 saturated carbocycles. The number of hydrogen-bond donors (Lipinski definition) is 1. The van der Waals surface area contributed by atoms with Crippen LogP contribution in [0.1, 0.15) is 43.5 Å². The van der Waals surface area contributed by atoms with Gasteiger partial charge in [0, 0.05) is 19.1 Å². The molecule has 1 aromatic rings. The van der Waals surface area contributed by atoms with Crippen molar-refractivity contribution in [1.82, 2.24) is 9.62 Å². The van der Waals surface area contributed by atoms with Gasteiger partial charge in [0.25, 0.3) is 5.91 Å². The Bertz CT molecular complexity index is 793. The average Bonchev–Trinajstić information content (AvgIpc) is 2.66. The second-order valence-corrected chi connectivity index (χ2v) is 9.44. The quantitative estimate of drug-likeness (QED) is 0.845. The van der Waals surface area contributed by atoms with Crippen LogP contribution in [0.25, 0.3) is 0 Å². The van der Waals surface area contributed by atoms with Crippen LogP contribution in [0.2, 0.25) is 0 Å². The predicted molar refractivity (Wildman–Crippen MR) is 99.4 cm³/mol. The number of benzene rings is 1. The molecule has 0 spiro atoms. The molecule has 1 amide bonds. The molecule has 1 saturated heterocycles. The van der Waals surface area contributed by atoms with Gasteiger partial charge in [0.1, 0.15) is 5.82 Å². The smallest absolute Gasteiger partial charge is 0.254 e. The molecule has 0 radical (unpaired) electrons. The molecule has 1 heterocycles. The lowest BCUT2D eigenvalue weighted by atomic mass is 9.78. The molecule has 1 aliphatic heterocycles. The molecule has 1 aromatic carbocycles. The molecule has 6 nitrogen and oxygen atoms in total. The Morgan fingerprint density at radius 1 is 1.22 bits per heavy atom. The first kappa shape index (κ1) is 20.2. The minimum absolute atomic E-state index is 0.0276. The minimum Gasteiger partial charge on any atom is -0.379 e. The molecule has 0 bridgehead atoms. The average molecular weight is 399 g/mol. The molecule has 27 heavy (non-hydrogen) atoms. The van der Waals surface area contributed by atoms with Crippen LogP contribution < -0.4 is 5.32 Å². The second-order valence-electron chi connectivity index (χ2n) is 7.51. The summed E-state index contributed by atoms with van der Waals surface area (Å²) in [6.45, 7) is 5.39. The van der Waals surface area contributed by atoms with Gasteiger partial charge >= 0.3 is 0 Å². The van der Waals surface area contributed by atoms with E-state index in [4.69, 9.17) is 4.74 Å². The van der Waals surface area contributed by atoms with E-state index in [1.165, 1.54) is 10.4 Å². The number of carbonyl (C=O) groups is 1. The third-order valence-corrected chi connectivity index (χ3v) is 7.71. The van der Waals surface area contributed by atoms with E-state index in [1.54, 1.807) is 0 Å². The number of halogens is 1. The molecule has 2 aliphatic rings. The third-order valence-electron chi connectivity index (χ3n) is 5.81. The van der Waals surface area contributed by atoms with E-state index in [0.29, 0.717) is 25.0 Å². The number of sulfonamides is 1. The number of nitrogens with zero attached hydrogens (tertiary/aromatic N) is 1. The van der Waals surface area contributed by atoms with Gasteiger partial charge in [-0.1, -0.05) is 26.7 Å². The zero-order chi connectivity index (χ0) is 19.6. The maximum Gasteiger partial charge on any atom is 0.254 e. The summed E-state index contributed by atoms with van der Waals surface area (Å²) in [5.41, 5.74) is -0.227. The Labute approximate surface area is 160 Å². The fourth-order valence-electron chi connectivity index (χ4n) is 3.81. The number of hydrogen-bond acceptors (Lipinski definition) is 4. The molecule has 3 atom stereocenters. The topological polar surface area (TPSA) is 75.7 Å². The summed E-state index contributed by atoms with van der Waals surface area (Å²) in [7, 11) is -3.78. The summed E-state index contributed by atoms with van der Waals surface area (Å²) < 4.78 is 46.3. The van der Waals surface area contributed by atoms with E-state index in [1.807, 2.05) is 0 Å². The van der Waals surface area contributed by atoms with Crippen molar-refractivity contribution in [2.24, 2.45) is 11.8 Å². The Morgan fingerprint density at radius 2 is 1.93 bits per heavy atom. The molecule has 150 valence electrons. The largest absolute Gasteiger partial charge is 0.379 e. The van der Waals surface area contributed by atoms with Gasteiger partial charge in [-0.3, -0.25) is 4.79 Å². The van der Waals surface area contributed by atoms with Crippen molar-refractivity contribution in [2.45, 2.75) is 44.0 Å². The van der Waals surface area contributed by atoms with Crippen molar-refractivity contribution < 1.29 is 22.3 Å². The number of amides is 1. The summed E-state index contributed by atoms with van der Waals surface area (Å²) in [6.07, 6.45) is 2.99. The maximum atomic E-state index is 14.3. The van der Waals surface area contributed by atoms with E-state index in [0.717, 1.165) is 31.4 Å². The number of rotatable bonds is 4. The first-order valence-electron chi connectivity index (χ1n) is 9.49. The van der Waals surface area contributed by atoms with E-state index >= 15 is 0 Å². The number of carbonyl (C=O) groups excluding carboxylic acids is 1. The molecule has 2 fully saturated rings. The Kier molecular flexibility index (Phi) is 6.18. The van der Waals surface area contributed by atoms with Crippen molar-refractivity contribution in [3.8, 4) is 0 Å². The Hall–Kier alpha value is -1.51. The SMILES string of the molecule is C[C@@H]1[C@@H](C)CCC[C@H]1NC(=O)c1cc(S(=O)(=O)N2CCOCC2)ccc1F. The van der Waals surface area contributed by atoms with Crippen LogP contribution in [0, 0.1) is 17.7 Å². The van der Waals surface area contributed by atoms with Gasteiger partial charge in [-0.2, -0.15) is 4.31 Å². The van der Waals surface area contributed by atoms with Crippen molar-refractivity contribution >= 4 is 15.9 Å². The van der Waals surface area contributed by atoms with Gasteiger partial charge in [0.15, 0.2) is 0 Å². The molecular formula is C19H27FN2O4S. The number of nitrogens with one attached hydrogen (secondary N) is 1. The van der Waals surface area contributed by atoms with Gasteiger partial charge in [0.05, 0.1) is 23.7 Å². The first-order valence-corrected chi connectivity index (χ1v) is 10.9. The van der Waals surface area contributed by atoms with E-state index in [9.17, 15) is 17.6 Å². The van der Waals surface area contributed by atoms with E-state index < -0.39 is 21.7 Å². The predicted octanol–water partition coefficient (Wildman–Crippen LogP) is 2.40. The lowest BCUT2D eigenvalue weighted by Gasteiger charge is -2.34. The fraction of sp³-hybridized carbons (Fsp3) is 0.632. The van der Waals surface area contributed by atoms with E-state index in [2.05, 4.69) is 19.2 Å². The fourth-order valence-corrected chi connectivity index (χ4v) is 5.24. The maximum absolute atomic E-state index is 14.3. The molecule has 1 aliphatic carbocycles. The summed E-state index contributed by atoms with van der Waals surface area (Å²) in [4.78, 5) is 12.6. The third kappa shape index (κ3) is 4.33. The van der Waals surface area contributed by atoms with Crippen LogP contribution in [-0.4, -0.2) is 51.0 Å². The molecule has 1 N–H and O–H groups in total. The number of ether oxygens (including phenoxy) is 1. The summed E-state index contributed by atoms with van der Waals surface area (Å²) in [5, 5.41) is 2.91. The zero-order valence-corrected chi connectivity index (χ0v) is 16.6. The highest BCUT2D eigenvalue weighted by Gasteiger charge is 2.31. The van der Waals surface area contributed by atoms with Crippen molar-refractivity contribution in [1.29, 1.82) is 0 Å². The lowest BCUT2D eigenvalue weighted by Crippen LogP contribution is -2.44. The molecule has 0 unspecified atom stereocenters. The monoisotopic (exact) mass is 398 g/mol. The van der Waals surface area contributed by atoms with Crippen molar-refractivity contribution in [3.63, 3.8) is 0 Å². The molecule has 8 heteroatoms. The molecular weight excluding hydrogens is 371 g/mol. The minimum atomic E-state index is -3.78. The van der Waals surface area contributed by atoms with Crippen LogP contribution in [0.3, 0.4) is 0 Å². The highest BCUT2D eigenvalue weighted by atomic mass is 32.2. The van der Waals surface area contributed by atoms with Gasteiger partial charge in [-0.15, -0.1) is 0 Å². The van der Waals surface area contributed by atoms with Crippen LogP contribution in [0.4, 0.5) is 4.39 Å². The molecule has 3 rings (SSSR count). The van der Waals surface area contributed by atoms with Crippen molar-refractivity contribution in [3.05, 3.63) is 29.6 Å². The number of morpholine rings is 1. The van der Waals surface area contributed by atoms with Crippen LogP contribution in [0.15, 0.2) is 23.1 Å². The summed E-state index contributed by atoms with van der Waals surface area (Å²) >= 11 is 0. The Balaban J connectivity index is 1.81. The van der Waals surface area contributed by atoms with Gasteiger partial charge in [0.2, 0.25) is 10.0 Å². The highest BCUT2D eigenvalue weighted by molar-refractivity contribution is 7.89. The van der Waals surface area contributed by atoms with E-state index in [-0.39, 0.29) is 29.6 Å². The lowest BCUT2D eigenvalue weighted by molar-refractivity contribution is 0.0730. The summed E-state index contributed by atoms with van der Waals surface area (Å²) in [5.74, 6) is -0.490. The van der Waals surface area contributed by atoms with Gasteiger partial charge in [-0.05, 0) is 36.5 Å². The standard InChI is InChI=1S/C19H27FN2O4S/c1-13-4-3-5-18(14(13)2)21-19(23)16-12-15(6-7-17(16)20)27(24,25)22-8-10-26-11-9-22/h6-7,12-14,18H,3-5,8-11H2,1-2H3,(H,21,23)/t13-,14+,18+/m0/s1. The Morgan fingerprint density at radius 3 is 2.63 bits per heavy atom. The van der Waals surface area contributed by atoms with Gasteiger partial charge < -0.3 is 10.1 Å².